The standard InChI is InChI=1S/C13H16ClN3O3S/c1-17-4-5-20-11(9-17)8-16-21(18,19)12-3-2-10(7-15)13(14)6-12/h2-3,6,11,16H,4-5,8-9H2,1H3. The zero-order valence-corrected chi connectivity index (χ0v) is 13.1. The molecule has 0 radical (unpaired) electrons. The fraction of sp³-hybridized carbons (Fsp3) is 0.462. The molecule has 1 saturated heterocycles. The Morgan fingerprint density at radius 3 is 2.95 bits per heavy atom. The number of sulfonamides is 1. The number of benzene rings is 1. The summed E-state index contributed by atoms with van der Waals surface area (Å²) in [4.78, 5) is 2.12. The van der Waals surface area contributed by atoms with Crippen molar-refractivity contribution in [3.63, 3.8) is 0 Å². The molecule has 114 valence electrons. The van der Waals surface area contributed by atoms with E-state index in [0.29, 0.717) is 13.2 Å². The normalized spacial score (nSPS) is 20.1. The van der Waals surface area contributed by atoms with Crippen molar-refractivity contribution in [1.82, 2.24) is 9.62 Å². The van der Waals surface area contributed by atoms with Gasteiger partial charge < -0.3 is 9.64 Å². The monoisotopic (exact) mass is 329 g/mol. The average Bonchev–Trinajstić information content (AvgIpc) is 2.45. The number of hydrogen-bond acceptors (Lipinski definition) is 5. The lowest BCUT2D eigenvalue weighted by molar-refractivity contribution is -0.0156. The van der Waals surface area contributed by atoms with Crippen LogP contribution < -0.4 is 4.72 Å². The number of nitriles is 1. The van der Waals surface area contributed by atoms with E-state index in [2.05, 4.69) is 9.62 Å². The first-order valence-electron chi connectivity index (χ1n) is 6.42. The summed E-state index contributed by atoms with van der Waals surface area (Å²) in [6, 6.07) is 5.92. The summed E-state index contributed by atoms with van der Waals surface area (Å²) >= 11 is 5.86. The largest absolute Gasteiger partial charge is 0.374 e. The zero-order valence-electron chi connectivity index (χ0n) is 11.5. The van der Waals surface area contributed by atoms with E-state index in [1.54, 1.807) is 0 Å². The first-order valence-corrected chi connectivity index (χ1v) is 8.28. The summed E-state index contributed by atoms with van der Waals surface area (Å²) in [7, 11) is -1.70. The second kappa shape index (κ2) is 6.73. The van der Waals surface area contributed by atoms with Crippen molar-refractivity contribution in [2.75, 3.05) is 33.3 Å². The molecule has 1 N–H and O–H groups in total. The molecule has 0 spiro atoms. The Bertz CT molecular complexity index is 657. The van der Waals surface area contributed by atoms with Crippen LogP contribution in [0.15, 0.2) is 23.1 Å². The minimum Gasteiger partial charge on any atom is -0.374 e. The van der Waals surface area contributed by atoms with E-state index in [0.717, 1.165) is 6.54 Å². The van der Waals surface area contributed by atoms with Gasteiger partial charge in [-0.05, 0) is 25.2 Å². The molecule has 0 amide bonds. The quantitative estimate of drug-likeness (QED) is 0.884. The van der Waals surface area contributed by atoms with Crippen molar-refractivity contribution in [2.45, 2.75) is 11.0 Å². The van der Waals surface area contributed by atoms with Crippen LogP contribution in [0.5, 0.6) is 0 Å². The van der Waals surface area contributed by atoms with Gasteiger partial charge in [0.25, 0.3) is 0 Å². The van der Waals surface area contributed by atoms with Crippen LogP contribution >= 0.6 is 11.6 Å². The first-order chi connectivity index (χ1) is 9.92. The van der Waals surface area contributed by atoms with Gasteiger partial charge in [-0.1, -0.05) is 11.6 Å². The van der Waals surface area contributed by atoms with Crippen LogP contribution in [0.1, 0.15) is 5.56 Å². The van der Waals surface area contributed by atoms with Crippen LogP contribution in [0.4, 0.5) is 0 Å². The van der Waals surface area contributed by atoms with E-state index in [1.165, 1.54) is 18.2 Å². The average molecular weight is 330 g/mol. The van der Waals surface area contributed by atoms with Gasteiger partial charge in [-0.25, -0.2) is 13.1 Å². The van der Waals surface area contributed by atoms with E-state index in [-0.39, 0.29) is 28.1 Å². The Hall–Kier alpha value is -1.17. The molecule has 1 aromatic carbocycles. The van der Waals surface area contributed by atoms with E-state index >= 15 is 0 Å². The highest BCUT2D eigenvalue weighted by molar-refractivity contribution is 7.89. The molecule has 0 bridgehead atoms. The molecule has 0 aromatic heterocycles. The molecule has 1 aliphatic heterocycles. The molecule has 0 saturated carbocycles. The van der Waals surface area contributed by atoms with Crippen molar-refractivity contribution in [1.29, 1.82) is 5.26 Å². The zero-order chi connectivity index (χ0) is 15.5. The summed E-state index contributed by atoms with van der Waals surface area (Å²) in [5, 5.41) is 8.91. The van der Waals surface area contributed by atoms with Crippen LogP contribution in [-0.4, -0.2) is 52.7 Å². The smallest absolute Gasteiger partial charge is 0.240 e. The Labute approximate surface area is 129 Å². The number of rotatable bonds is 4. The van der Waals surface area contributed by atoms with E-state index in [9.17, 15) is 8.42 Å². The highest BCUT2D eigenvalue weighted by atomic mass is 35.5. The van der Waals surface area contributed by atoms with Crippen molar-refractivity contribution >= 4 is 21.6 Å². The van der Waals surface area contributed by atoms with Crippen molar-refractivity contribution in [3.05, 3.63) is 28.8 Å². The third kappa shape index (κ3) is 4.15. The van der Waals surface area contributed by atoms with Crippen LogP contribution in [0.2, 0.25) is 5.02 Å². The third-order valence-corrected chi connectivity index (χ3v) is 4.95. The number of nitrogens with one attached hydrogen (secondary N) is 1. The molecule has 1 aromatic rings. The fourth-order valence-electron chi connectivity index (χ4n) is 2.03. The maximum absolute atomic E-state index is 12.2. The maximum Gasteiger partial charge on any atom is 0.240 e. The highest BCUT2D eigenvalue weighted by Gasteiger charge is 2.21. The van der Waals surface area contributed by atoms with E-state index in [4.69, 9.17) is 21.6 Å². The van der Waals surface area contributed by atoms with Crippen molar-refractivity contribution in [2.24, 2.45) is 0 Å². The Morgan fingerprint density at radius 2 is 2.33 bits per heavy atom. The van der Waals surface area contributed by atoms with Crippen LogP contribution in [0, 0.1) is 11.3 Å². The van der Waals surface area contributed by atoms with Crippen LogP contribution in [0.3, 0.4) is 0 Å². The molecule has 1 aliphatic rings. The van der Waals surface area contributed by atoms with E-state index in [1.807, 2.05) is 13.1 Å². The summed E-state index contributed by atoms with van der Waals surface area (Å²) in [6.45, 7) is 2.31. The minimum atomic E-state index is -3.67. The van der Waals surface area contributed by atoms with Gasteiger partial charge in [0.05, 0.1) is 28.2 Å². The topological polar surface area (TPSA) is 82.4 Å². The second-order valence-corrected chi connectivity index (χ2v) is 7.03. The number of morpholine rings is 1. The number of ether oxygens (including phenoxy) is 1. The van der Waals surface area contributed by atoms with Crippen molar-refractivity contribution < 1.29 is 13.2 Å². The molecular weight excluding hydrogens is 314 g/mol. The maximum atomic E-state index is 12.2. The summed E-state index contributed by atoms with van der Waals surface area (Å²) < 4.78 is 32.4. The molecular formula is C13H16ClN3O3S. The van der Waals surface area contributed by atoms with Gasteiger partial charge in [-0.2, -0.15) is 5.26 Å². The SMILES string of the molecule is CN1CCOC(CNS(=O)(=O)c2ccc(C#N)c(Cl)c2)C1. The molecule has 8 heteroatoms. The number of halogens is 1. The van der Waals surface area contributed by atoms with Crippen molar-refractivity contribution in [3.8, 4) is 6.07 Å². The number of nitrogens with zero attached hydrogens (tertiary/aromatic N) is 2. The van der Waals surface area contributed by atoms with Gasteiger partial charge in [0.15, 0.2) is 0 Å². The van der Waals surface area contributed by atoms with Gasteiger partial charge in [0, 0.05) is 19.6 Å². The summed E-state index contributed by atoms with van der Waals surface area (Å²) in [6.07, 6.45) is -0.174. The van der Waals surface area contributed by atoms with Crippen LogP contribution in [0.25, 0.3) is 0 Å². The summed E-state index contributed by atoms with van der Waals surface area (Å²) in [5.74, 6) is 0. The Balaban J connectivity index is 2.05. The molecule has 1 heterocycles. The lowest BCUT2D eigenvalue weighted by atomic mass is 10.2. The predicted molar refractivity (Wildman–Crippen MR) is 78.6 cm³/mol. The number of hydrogen-bond donors (Lipinski definition) is 1. The molecule has 6 nitrogen and oxygen atoms in total. The van der Waals surface area contributed by atoms with Gasteiger partial charge in [0.1, 0.15) is 6.07 Å². The van der Waals surface area contributed by atoms with Gasteiger partial charge >= 0.3 is 0 Å². The van der Waals surface area contributed by atoms with E-state index < -0.39 is 10.0 Å². The van der Waals surface area contributed by atoms with Gasteiger partial charge in [0.2, 0.25) is 10.0 Å². The minimum absolute atomic E-state index is 0.0377. The number of likely N-dealkylation sites (N-methyl/N-ethyl adjacent to an activating group) is 1. The Kier molecular flexibility index (Phi) is 5.19. The first kappa shape index (κ1) is 16.2. The molecule has 1 unspecified atom stereocenters. The Morgan fingerprint density at radius 1 is 1.57 bits per heavy atom. The third-order valence-electron chi connectivity index (χ3n) is 3.21. The van der Waals surface area contributed by atoms with Gasteiger partial charge in [-0.3, -0.25) is 0 Å². The van der Waals surface area contributed by atoms with Crippen LogP contribution in [-0.2, 0) is 14.8 Å². The molecule has 0 aliphatic carbocycles. The molecule has 1 fully saturated rings. The lowest BCUT2D eigenvalue weighted by Gasteiger charge is -2.30. The second-order valence-electron chi connectivity index (χ2n) is 4.86. The molecule has 21 heavy (non-hydrogen) atoms. The molecule has 1 atom stereocenters. The molecule has 2 rings (SSSR count). The predicted octanol–water partition coefficient (Wildman–Crippen LogP) is 0.821. The highest BCUT2D eigenvalue weighted by Crippen LogP contribution is 2.20. The summed E-state index contributed by atoms with van der Waals surface area (Å²) in [5.41, 5.74) is 0.243. The fourth-order valence-corrected chi connectivity index (χ4v) is 3.41. The lowest BCUT2D eigenvalue weighted by Crippen LogP contribution is -2.45. The van der Waals surface area contributed by atoms with Gasteiger partial charge in [-0.15, -0.1) is 0 Å².